The number of amides is 2. The number of nitrogens with zero attached hydrogens (tertiary/aromatic N) is 2. The summed E-state index contributed by atoms with van der Waals surface area (Å²) in [7, 11) is 0. The van der Waals surface area contributed by atoms with Gasteiger partial charge in [0.1, 0.15) is 11.4 Å². The van der Waals surface area contributed by atoms with Crippen LogP contribution in [0.2, 0.25) is 0 Å². The van der Waals surface area contributed by atoms with Crippen LogP contribution in [-0.4, -0.2) is 28.9 Å². The predicted molar refractivity (Wildman–Crippen MR) is 78.8 cm³/mol. The molecule has 1 aromatic rings. The molecule has 2 N–H and O–H groups in total. The Morgan fingerprint density at radius 1 is 1.47 bits per heavy atom. The highest BCUT2D eigenvalue weighted by Gasteiger charge is 2.44. The third kappa shape index (κ3) is 2.49. The highest BCUT2D eigenvalue weighted by molar-refractivity contribution is 9.10. The first-order valence-electron chi connectivity index (χ1n) is 5.81. The van der Waals surface area contributed by atoms with Gasteiger partial charge in [0, 0.05) is 10.9 Å². The average molecular weight is 320 g/mol. The summed E-state index contributed by atoms with van der Waals surface area (Å²) >= 11 is 3.39. The summed E-state index contributed by atoms with van der Waals surface area (Å²) < 4.78 is 1.01. The zero-order valence-corrected chi connectivity index (χ0v) is 12.1. The van der Waals surface area contributed by atoms with Gasteiger partial charge in [-0.05, 0) is 24.6 Å². The fraction of sp³-hybridized carbons (Fsp3) is 0.286. The van der Waals surface area contributed by atoms with Gasteiger partial charge in [-0.15, -0.1) is 6.42 Å². The van der Waals surface area contributed by atoms with Crippen LogP contribution in [0.25, 0.3) is 0 Å². The van der Waals surface area contributed by atoms with E-state index in [4.69, 9.17) is 12.2 Å². The van der Waals surface area contributed by atoms with Crippen molar-refractivity contribution < 1.29 is 4.79 Å². The molecule has 0 aliphatic carbocycles. The van der Waals surface area contributed by atoms with E-state index >= 15 is 0 Å². The van der Waals surface area contributed by atoms with Gasteiger partial charge in [0.15, 0.2) is 0 Å². The van der Waals surface area contributed by atoms with E-state index in [2.05, 4.69) is 26.8 Å². The summed E-state index contributed by atoms with van der Waals surface area (Å²) in [5.74, 6) is 2.79. The molecule has 98 valence electrons. The number of urea groups is 1. The lowest BCUT2D eigenvalue weighted by Gasteiger charge is -2.33. The van der Waals surface area contributed by atoms with E-state index < -0.39 is 5.54 Å². The van der Waals surface area contributed by atoms with E-state index in [0.29, 0.717) is 12.3 Å². The van der Waals surface area contributed by atoms with Crippen molar-refractivity contribution in [3.63, 3.8) is 0 Å². The highest BCUT2D eigenvalue weighted by Crippen LogP contribution is 2.27. The third-order valence-corrected chi connectivity index (χ3v) is 3.83. The van der Waals surface area contributed by atoms with Crippen LogP contribution in [0.15, 0.2) is 33.7 Å². The van der Waals surface area contributed by atoms with Crippen molar-refractivity contribution in [3.05, 3.63) is 34.3 Å². The van der Waals surface area contributed by atoms with Gasteiger partial charge >= 0.3 is 6.03 Å². The molecule has 1 aromatic carbocycles. The van der Waals surface area contributed by atoms with Crippen molar-refractivity contribution in [2.45, 2.75) is 18.9 Å². The molecule has 2 amide bonds. The smallest absolute Gasteiger partial charge is 0.346 e. The van der Waals surface area contributed by atoms with Crippen molar-refractivity contribution >= 4 is 27.8 Å². The van der Waals surface area contributed by atoms with E-state index in [1.165, 1.54) is 4.90 Å². The van der Waals surface area contributed by atoms with Crippen LogP contribution >= 0.6 is 15.9 Å². The molecule has 0 saturated heterocycles. The molecule has 0 radical (unpaired) electrons. The summed E-state index contributed by atoms with van der Waals surface area (Å²) in [5.41, 5.74) is 6.33. The van der Waals surface area contributed by atoms with Crippen molar-refractivity contribution in [2.75, 3.05) is 6.54 Å². The number of amidine groups is 1. The molecule has 0 saturated carbocycles. The second-order valence-electron chi connectivity index (χ2n) is 4.65. The van der Waals surface area contributed by atoms with Crippen LogP contribution in [0.1, 0.15) is 12.5 Å². The first-order valence-corrected chi connectivity index (χ1v) is 6.61. The number of carbonyl (C=O) groups is 1. The number of aliphatic imine (C=N–C) groups is 1. The number of hydrogen-bond acceptors (Lipinski definition) is 2. The van der Waals surface area contributed by atoms with E-state index in [0.717, 1.165) is 10.0 Å². The molecular formula is C14H14BrN3O. The Morgan fingerprint density at radius 3 is 2.68 bits per heavy atom. The van der Waals surface area contributed by atoms with Crippen LogP contribution in [0, 0.1) is 12.3 Å². The molecule has 0 aromatic heterocycles. The van der Waals surface area contributed by atoms with Gasteiger partial charge in [-0.2, -0.15) is 4.99 Å². The third-order valence-electron chi connectivity index (χ3n) is 3.31. The maximum atomic E-state index is 11.8. The Balaban J connectivity index is 2.29. The number of hydrogen-bond donors (Lipinski definition) is 1. The van der Waals surface area contributed by atoms with E-state index in [9.17, 15) is 4.79 Å². The lowest BCUT2D eigenvalue weighted by Crippen LogP contribution is -2.53. The molecule has 1 unspecified atom stereocenters. The van der Waals surface area contributed by atoms with Crippen molar-refractivity contribution in [2.24, 2.45) is 10.7 Å². The minimum Gasteiger partial charge on any atom is -0.385 e. The molecule has 0 fully saturated rings. The molecule has 4 nitrogen and oxygen atoms in total. The Kier molecular flexibility index (Phi) is 3.63. The molecule has 0 spiro atoms. The number of terminal acetylenes is 1. The molecule has 19 heavy (non-hydrogen) atoms. The van der Waals surface area contributed by atoms with Crippen LogP contribution in [-0.2, 0) is 6.42 Å². The van der Waals surface area contributed by atoms with Crippen molar-refractivity contribution in [3.8, 4) is 12.3 Å². The summed E-state index contributed by atoms with van der Waals surface area (Å²) in [6, 6.07) is 7.51. The van der Waals surface area contributed by atoms with E-state index in [1.54, 1.807) is 0 Å². The van der Waals surface area contributed by atoms with Crippen LogP contribution in [0.5, 0.6) is 0 Å². The second kappa shape index (κ2) is 5.06. The number of carbonyl (C=O) groups excluding carboxylic acids is 1. The first-order chi connectivity index (χ1) is 8.97. The fourth-order valence-electron chi connectivity index (χ4n) is 2.15. The Morgan fingerprint density at radius 2 is 2.11 bits per heavy atom. The maximum Gasteiger partial charge on any atom is 0.346 e. The monoisotopic (exact) mass is 319 g/mol. The number of halogens is 1. The zero-order valence-electron chi connectivity index (χ0n) is 10.6. The minimum absolute atomic E-state index is 0.204. The molecule has 5 heteroatoms. The lowest BCUT2D eigenvalue weighted by molar-refractivity contribution is 0.188. The van der Waals surface area contributed by atoms with Crippen molar-refractivity contribution in [1.29, 1.82) is 0 Å². The largest absolute Gasteiger partial charge is 0.385 e. The topological polar surface area (TPSA) is 58.7 Å². The van der Waals surface area contributed by atoms with Gasteiger partial charge in [-0.3, -0.25) is 4.90 Å². The zero-order chi connectivity index (χ0) is 14.0. The molecule has 1 aliphatic rings. The van der Waals surface area contributed by atoms with Gasteiger partial charge in [0.05, 0.1) is 6.54 Å². The molecule has 1 aliphatic heterocycles. The van der Waals surface area contributed by atoms with Crippen LogP contribution in [0.3, 0.4) is 0 Å². The van der Waals surface area contributed by atoms with Gasteiger partial charge in [0.2, 0.25) is 0 Å². The average Bonchev–Trinajstić information content (AvgIpc) is 2.57. The Bertz CT molecular complexity index is 573. The second-order valence-corrected chi connectivity index (χ2v) is 5.56. The molecule has 0 bridgehead atoms. The summed E-state index contributed by atoms with van der Waals surface area (Å²) in [6.07, 6.45) is 5.89. The summed E-state index contributed by atoms with van der Waals surface area (Å²) in [5, 5.41) is 0. The predicted octanol–water partition coefficient (Wildman–Crippen LogP) is 2.18. The highest BCUT2D eigenvalue weighted by atomic mass is 79.9. The molecular weight excluding hydrogens is 306 g/mol. The standard InChI is InChI=1S/C14H14BrN3O/c1-3-8-18-13(19)17-12(16)14(18,2)9-10-4-6-11(15)7-5-10/h1,4-7H,8-9H2,2H3,(H2,16,17,19). The Hall–Kier alpha value is -1.80. The van der Waals surface area contributed by atoms with Crippen LogP contribution in [0.4, 0.5) is 4.79 Å². The minimum atomic E-state index is -0.655. The van der Waals surface area contributed by atoms with Gasteiger partial charge in [0.25, 0.3) is 0 Å². The van der Waals surface area contributed by atoms with E-state index in [-0.39, 0.29) is 12.6 Å². The van der Waals surface area contributed by atoms with Gasteiger partial charge in [-0.1, -0.05) is 34.0 Å². The lowest BCUT2D eigenvalue weighted by atomic mass is 9.90. The fourth-order valence-corrected chi connectivity index (χ4v) is 2.42. The number of benzene rings is 1. The Labute approximate surface area is 120 Å². The molecule has 2 rings (SSSR count). The quantitative estimate of drug-likeness (QED) is 0.868. The first kappa shape index (κ1) is 13.6. The number of nitrogens with two attached hydrogens (primary N) is 1. The van der Waals surface area contributed by atoms with E-state index in [1.807, 2.05) is 31.2 Å². The van der Waals surface area contributed by atoms with Gasteiger partial charge < -0.3 is 5.73 Å². The summed E-state index contributed by atoms with van der Waals surface area (Å²) in [6.45, 7) is 2.09. The van der Waals surface area contributed by atoms with Gasteiger partial charge in [-0.25, -0.2) is 4.79 Å². The van der Waals surface area contributed by atoms with Crippen molar-refractivity contribution in [1.82, 2.24) is 4.90 Å². The van der Waals surface area contributed by atoms with Crippen LogP contribution < -0.4 is 5.73 Å². The molecule has 1 heterocycles. The number of rotatable bonds is 3. The molecule has 1 atom stereocenters. The summed E-state index contributed by atoms with van der Waals surface area (Å²) in [4.78, 5) is 17.2. The SMILES string of the molecule is C#CCN1C(=O)N=C(N)C1(C)Cc1ccc(Br)cc1. The normalized spacial score (nSPS) is 22.3. The maximum absolute atomic E-state index is 11.8.